The van der Waals surface area contributed by atoms with Gasteiger partial charge in [0, 0.05) is 12.2 Å². The highest BCUT2D eigenvalue weighted by Gasteiger charge is 2.37. The summed E-state index contributed by atoms with van der Waals surface area (Å²) in [6.45, 7) is 2.36. The summed E-state index contributed by atoms with van der Waals surface area (Å²) in [5.41, 5.74) is 2.76. The van der Waals surface area contributed by atoms with Gasteiger partial charge in [-0.05, 0) is 31.0 Å². The topological polar surface area (TPSA) is 75.7 Å². The third-order valence-corrected chi connectivity index (χ3v) is 4.52. The summed E-state index contributed by atoms with van der Waals surface area (Å²) >= 11 is 0. The van der Waals surface area contributed by atoms with E-state index < -0.39 is 17.8 Å². The lowest BCUT2D eigenvalue weighted by Gasteiger charge is -2.17. The lowest BCUT2D eigenvalue weighted by atomic mass is 10.1. The summed E-state index contributed by atoms with van der Waals surface area (Å²) in [7, 11) is 0. The fourth-order valence-corrected chi connectivity index (χ4v) is 2.98. The maximum Gasteiger partial charge on any atom is 0.325 e. The molecule has 0 saturated carbocycles. The predicted octanol–water partition coefficient (Wildman–Crippen LogP) is 2.21. The van der Waals surface area contributed by atoms with Gasteiger partial charge in [0.2, 0.25) is 11.8 Å². The van der Waals surface area contributed by atoms with Gasteiger partial charge in [-0.25, -0.2) is 0 Å². The van der Waals surface area contributed by atoms with Crippen LogP contribution in [0.3, 0.4) is 0 Å². The molecule has 0 aliphatic carbocycles. The van der Waals surface area contributed by atoms with Gasteiger partial charge in [-0.15, -0.1) is 0 Å². The first-order chi connectivity index (χ1) is 13.0. The normalized spacial score (nSPS) is 16.3. The van der Waals surface area contributed by atoms with Crippen LogP contribution >= 0.6 is 0 Å². The zero-order valence-electron chi connectivity index (χ0n) is 15.2. The molecular formula is C21H22N2O4. The second-order valence-electron chi connectivity index (χ2n) is 6.53. The average molecular weight is 366 g/mol. The number of anilines is 1. The number of benzene rings is 2. The molecule has 0 aromatic heterocycles. The van der Waals surface area contributed by atoms with Crippen molar-refractivity contribution in [1.82, 2.24) is 5.32 Å². The largest absolute Gasteiger partial charge is 0.460 e. The Kier molecular flexibility index (Phi) is 5.86. The number of rotatable bonds is 6. The molecule has 6 nitrogen and oxygen atoms in total. The molecule has 1 saturated heterocycles. The molecule has 0 bridgehead atoms. The Balaban J connectivity index is 1.47. The molecule has 0 spiro atoms. The Bertz CT molecular complexity index is 818. The molecule has 6 heteroatoms. The quantitative estimate of drug-likeness (QED) is 0.628. The number of esters is 1. The number of carbonyl (C=O) groups is 3. The van der Waals surface area contributed by atoms with E-state index in [0.29, 0.717) is 13.0 Å². The summed E-state index contributed by atoms with van der Waals surface area (Å²) in [5, 5.41) is 2.51. The zero-order chi connectivity index (χ0) is 19.2. The van der Waals surface area contributed by atoms with Gasteiger partial charge in [0.05, 0.1) is 0 Å². The minimum absolute atomic E-state index is 0.152. The van der Waals surface area contributed by atoms with Gasteiger partial charge in [-0.2, -0.15) is 0 Å². The molecule has 1 unspecified atom stereocenters. The first-order valence-corrected chi connectivity index (χ1v) is 8.90. The monoisotopic (exact) mass is 366 g/mol. The van der Waals surface area contributed by atoms with Crippen LogP contribution in [0, 0.1) is 12.8 Å². The molecule has 0 radical (unpaired) electrons. The maximum atomic E-state index is 12.5. The van der Waals surface area contributed by atoms with Gasteiger partial charge in [0.25, 0.3) is 0 Å². The Morgan fingerprint density at radius 3 is 2.52 bits per heavy atom. The Morgan fingerprint density at radius 1 is 1.11 bits per heavy atom. The van der Waals surface area contributed by atoms with Crippen molar-refractivity contribution in [3.8, 4) is 0 Å². The van der Waals surface area contributed by atoms with Crippen LogP contribution in [0.25, 0.3) is 0 Å². The number of amides is 2. The van der Waals surface area contributed by atoms with Crippen LogP contribution in [0.5, 0.6) is 0 Å². The van der Waals surface area contributed by atoms with Crippen LogP contribution in [-0.4, -0.2) is 30.9 Å². The van der Waals surface area contributed by atoms with E-state index in [2.05, 4.69) is 5.32 Å². The van der Waals surface area contributed by atoms with Crippen molar-refractivity contribution < 1.29 is 19.1 Å². The fourth-order valence-electron chi connectivity index (χ4n) is 2.98. The van der Waals surface area contributed by atoms with Crippen molar-refractivity contribution in [2.24, 2.45) is 5.92 Å². The SMILES string of the molecule is Cc1ccc(N2CCC(C(=O)NCC(=O)OCc3ccccc3)C2=O)cc1. The van der Waals surface area contributed by atoms with E-state index in [-0.39, 0.29) is 19.1 Å². The number of hydrogen-bond donors (Lipinski definition) is 1. The summed E-state index contributed by atoms with van der Waals surface area (Å²) in [5.74, 6) is -1.98. The van der Waals surface area contributed by atoms with Crippen molar-refractivity contribution >= 4 is 23.5 Å². The van der Waals surface area contributed by atoms with E-state index in [1.54, 1.807) is 4.90 Å². The van der Waals surface area contributed by atoms with Crippen LogP contribution in [0.4, 0.5) is 5.69 Å². The third-order valence-electron chi connectivity index (χ3n) is 4.52. The van der Waals surface area contributed by atoms with E-state index in [4.69, 9.17) is 4.74 Å². The molecule has 2 aromatic rings. The molecule has 3 rings (SSSR count). The molecule has 140 valence electrons. The van der Waals surface area contributed by atoms with Gasteiger partial charge in [0.1, 0.15) is 19.1 Å². The van der Waals surface area contributed by atoms with Crippen molar-refractivity contribution in [2.75, 3.05) is 18.0 Å². The van der Waals surface area contributed by atoms with Gasteiger partial charge in [-0.3, -0.25) is 14.4 Å². The second kappa shape index (κ2) is 8.49. The second-order valence-corrected chi connectivity index (χ2v) is 6.53. The van der Waals surface area contributed by atoms with Crippen molar-refractivity contribution in [3.05, 3.63) is 65.7 Å². The van der Waals surface area contributed by atoms with E-state index >= 15 is 0 Å². The van der Waals surface area contributed by atoms with Gasteiger partial charge < -0.3 is 15.0 Å². The smallest absolute Gasteiger partial charge is 0.325 e. The first kappa shape index (κ1) is 18.6. The molecule has 2 amide bonds. The number of aryl methyl sites for hydroxylation is 1. The van der Waals surface area contributed by atoms with E-state index in [1.165, 1.54) is 0 Å². The number of nitrogens with one attached hydrogen (secondary N) is 1. The number of nitrogens with zero attached hydrogens (tertiary/aromatic N) is 1. The zero-order valence-corrected chi connectivity index (χ0v) is 15.2. The minimum Gasteiger partial charge on any atom is -0.460 e. The average Bonchev–Trinajstić information content (AvgIpc) is 3.07. The van der Waals surface area contributed by atoms with Crippen molar-refractivity contribution in [3.63, 3.8) is 0 Å². The molecule has 1 aliphatic heterocycles. The molecule has 1 fully saturated rings. The highest BCUT2D eigenvalue weighted by molar-refractivity contribution is 6.10. The molecule has 1 aliphatic rings. The predicted molar refractivity (Wildman–Crippen MR) is 101 cm³/mol. The highest BCUT2D eigenvalue weighted by atomic mass is 16.5. The van der Waals surface area contributed by atoms with Crippen molar-refractivity contribution in [1.29, 1.82) is 0 Å². The number of ether oxygens (including phenoxy) is 1. The standard InChI is InChI=1S/C21H22N2O4/c1-15-7-9-17(10-8-15)23-12-11-18(21(23)26)20(25)22-13-19(24)27-14-16-5-3-2-4-6-16/h2-10,18H,11-14H2,1H3,(H,22,25). The van der Waals surface area contributed by atoms with E-state index in [9.17, 15) is 14.4 Å². The highest BCUT2D eigenvalue weighted by Crippen LogP contribution is 2.25. The Morgan fingerprint density at radius 2 is 1.81 bits per heavy atom. The molecule has 1 heterocycles. The number of hydrogen-bond acceptors (Lipinski definition) is 4. The first-order valence-electron chi connectivity index (χ1n) is 8.90. The summed E-state index contributed by atoms with van der Waals surface area (Å²) < 4.78 is 5.12. The maximum absolute atomic E-state index is 12.5. The van der Waals surface area contributed by atoms with Crippen LogP contribution in [-0.2, 0) is 25.7 Å². The number of carbonyl (C=O) groups excluding carboxylic acids is 3. The lowest BCUT2D eigenvalue weighted by molar-refractivity contribution is -0.146. The summed E-state index contributed by atoms with van der Waals surface area (Å²) in [6.07, 6.45) is 0.428. The molecule has 2 aromatic carbocycles. The van der Waals surface area contributed by atoms with Gasteiger partial charge in [-0.1, -0.05) is 48.0 Å². The van der Waals surface area contributed by atoms with E-state index in [1.807, 2.05) is 61.5 Å². The van der Waals surface area contributed by atoms with Crippen molar-refractivity contribution in [2.45, 2.75) is 20.0 Å². The van der Waals surface area contributed by atoms with E-state index in [0.717, 1.165) is 16.8 Å². The summed E-state index contributed by atoms with van der Waals surface area (Å²) in [4.78, 5) is 38.2. The molecular weight excluding hydrogens is 344 g/mol. The van der Waals surface area contributed by atoms with Gasteiger partial charge in [0.15, 0.2) is 0 Å². The third kappa shape index (κ3) is 4.73. The van der Waals surface area contributed by atoms with Gasteiger partial charge >= 0.3 is 5.97 Å². The van der Waals surface area contributed by atoms with Crippen LogP contribution < -0.4 is 10.2 Å². The Labute approximate surface area is 158 Å². The van der Waals surface area contributed by atoms with Crippen LogP contribution in [0.1, 0.15) is 17.5 Å². The molecule has 27 heavy (non-hydrogen) atoms. The van der Waals surface area contributed by atoms with Crippen LogP contribution in [0.15, 0.2) is 54.6 Å². The Hall–Kier alpha value is -3.15. The molecule has 1 atom stereocenters. The molecule has 1 N–H and O–H groups in total. The minimum atomic E-state index is -0.770. The van der Waals surface area contributed by atoms with Crippen LogP contribution in [0.2, 0.25) is 0 Å². The lowest BCUT2D eigenvalue weighted by Crippen LogP contribution is -2.39. The fraction of sp³-hybridized carbons (Fsp3) is 0.286. The summed E-state index contributed by atoms with van der Waals surface area (Å²) in [6, 6.07) is 16.9.